The van der Waals surface area contributed by atoms with Crippen LogP contribution in [0.25, 0.3) is 0 Å². The third-order valence-electron chi connectivity index (χ3n) is 3.55. The Balaban J connectivity index is 1.74. The van der Waals surface area contributed by atoms with Crippen LogP contribution in [0.1, 0.15) is 12.0 Å². The van der Waals surface area contributed by atoms with Gasteiger partial charge >= 0.3 is 0 Å². The fraction of sp³-hybridized carbons (Fsp3) is 0.300. The largest absolute Gasteiger partial charge is 0.493 e. The number of carbonyl (C=O) groups excluding carboxylic acids is 1. The molecule has 0 spiro atoms. The van der Waals surface area contributed by atoms with Crippen molar-refractivity contribution >= 4 is 5.91 Å². The van der Waals surface area contributed by atoms with Gasteiger partial charge in [0.15, 0.2) is 11.5 Å². The number of hydrogen-bond donors (Lipinski definition) is 1. The molecule has 0 aliphatic carbocycles. The summed E-state index contributed by atoms with van der Waals surface area (Å²) in [6, 6.07) is 17.0. The molecular formula is C20H22N2O4. The standard InChI is InChI=1S/C20H22N2O4/c1-24-18-7-2-3-8-19(18)26-14-13-25-17-6-4-5-16(15-17)10-12-22-20(23)9-11-21/h2-8,15H,9-10,12-14H2,1H3,(H,22,23). The lowest BCUT2D eigenvalue weighted by Crippen LogP contribution is -2.24. The molecule has 0 bridgehead atoms. The highest BCUT2D eigenvalue weighted by molar-refractivity contribution is 5.77. The predicted octanol–water partition coefficient (Wildman–Crippen LogP) is 2.73. The first-order valence-corrected chi connectivity index (χ1v) is 8.34. The SMILES string of the molecule is COc1ccccc1OCCOc1cccc(CCNC(=O)CC#N)c1. The van der Waals surface area contributed by atoms with Crippen molar-refractivity contribution in [1.29, 1.82) is 5.26 Å². The fourth-order valence-corrected chi connectivity index (χ4v) is 2.32. The lowest BCUT2D eigenvalue weighted by Gasteiger charge is -2.11. The molecule has 6 nitrogen and oxygen atoms in total. The molecule has 0 fully saturated rings. The van der Waals surface area contributed by atoms with E-state index in [9.17, 15) is 4.79 Å². The van der Waals surface area contributed by atoms with E-state index in [-0.39, 0.29) is 12.3 Å². The van der Waals surface area contributed by atoms with Crippen molar-refractivity contribution in [2.24, 2.45) is 0 Å². The molecule has 0 radical (unpaired) electrons. The summed E-state index contributed by atoms with van der Waals surface area (Å²) in [5.41, 5.74) is 1.05. The Kier molecular flexibility index (Phi) is 7.81. The maximum Gasteiger partial charge on any atom is 0.234 e. The molecule has 2 rings (SSSR count). The van der Waals surface area contributed by atoms with Crippen molar-refractivity contribution in [1.82, 2.24) is 5.32 Å². The highest BCUT2D eigenvalue weighted by atomic mass is 16.5. The predicted molar refractivity (Wildman–Crippen MR) is 97.4 cm³/mol. The molecule has 0 aliphatic heterocycles. The van der Waals surface area contributed by atoms with Crippen LogP contribution in [-0.2, 0) is 11.2 Å². The zero-order chi connectivity index (χ0) is 18.6. The Bertz CT molecular complexity index is 755. The summed E-state index contributed by atoms with van der Waals surface area (Å²) >= 11 is 0. The van der Waals surface area contributed by atoms with Gasteiger partial charge in [-0.3, -0.25) is 4.79 Å². The second kappa shape index (κ2) is 10.6. The van der Waals surface area contributed by atoms with Crippen LogP contribution < -0.4 is 19.5 Å². The monoisotopic (exact) mass is 354 g/mol. The average Bonchev–Trinajstić information content (AvgIpc) is 2.66. The molecule has 26 heavy (non-hydrogen) atoms. The van der Waals surface area contributed by atoms with Crippen LogP contribution in [0.4, 0.5) is 0 Å². The Morgan fingerprint density at radius 1 is 1.08 bits per heavy atom. The molecule has 0 aliphatic rings. The first-order chi connectivity index (χ1) is 12.7. The van der Waals surface area contributed by atoms with Crippen molar-refractivity contribution in [3.63, 3.8) is 0 Å². The van der Waals surface area contributed by atoms with Gasteiger partial charge in [-0.2, -0.15) is 5.26 Å². The molecule has 136 valence electrons. The number of nitrogens with zero attached hydrogens (tertiary/aromatic N) is 1. The van der Waals surface area contributed by atoms with E-state index in [1.54, 1.807) is 7.11 Å². The number of para-hydroxylation sites is 2. The van der Waals surface area contributed by atoms with Crippen LogP contribution in [0.5, 0.6) is 17.2 Å². The van der Waals surface area contributed by atoms with E-state index < -0.39 is 0 Å². The van der Waals surface area contributed by atoms with E-state index in [2.05, 4.69) is 5.32 Å². The lowest BCUT2D eigenvalue weighted by atomic mass is 10.1. The zero-order valence-electron chi connectivity index (χ0n) is 14.7. The number of nitriles is 1. The molecule has 0 saturated heterocycles. The smallest absolute Gasteiger partial charge is 0.234 e. The molecule has 0 saturated carbocycles. The number of hydrogen-bond acceptors (Lipinski definition) is 5. The van der Waals surface area contributed by atoms with Gasteiger partial charge in [-0.25, -0.2) is 0 Å². The minimum Gasteiger partial charge on any atom is -0.493 e. The second-order valence-corrected chi connectivity index (χ2v) is 5.43. The van der Waals surface area contributed by atoms with Gasteiger partial charge < -0.3 is 19.5 Å². The van der Waals surface area contributed by atoms with Crippen molar-refractivity contribution < 1.29 is 19.0 Å². The Morgan fingerprint density at radius 2 is 1.85 bits per heavy atom. The summed E-state index contributed by atoms with van der Waals surface area (Å²) in [6.45, 7) is 1.29. The summed E-state index contributed by atoms with van der Waals surface area (Å²) in [6.07, 6.45) is 0.557. The molecular weight excluding hydrogens is 332 g/mol. The van der Waals surface area contributed by atoms with E-state index in [1.165, 1.54) is 0 Å². The maximum atomic E-state index is 11.3. The molecule has 1 N–H and O–H groups in total. The van der Waals surface area contributed by atoms with E-state index in [0.29, 0.717) is 37.7 Å². The summed E-state index contributed by atoms with van der Waals surface area (Å²) in [4.78, 5) is 11.3. The molecule has 6 heteroatoms. The Labute approximate surface area is 153 Å². The molecule has 0 aromatic heterocycles. The van der Waals surface area contributed by atoms with E-state index >= 15 is 0 Å². The summed E-state index contributed by atoms with van der Waals surface area (Å²) in [7, 11) is 1.60. The van der Waals surface area contributed by atoms with Gasteiger partial charge in [0.25, 0.3) is 0 Å². The van der Waals surface area contributed by atoms with Gasteiger partial charge in [-0.15, -0.1) is 0 Å². The maximum absolute atomic E-state index is 11.3. The number of ether oxygens (including phenoxy) is 3. The number of methoxy groups -OCH3 is 1. The Hall–Kier alpha value is -3.20. The van der Waals surface area contributed by atoms with Crippen molar-refractivity contribution in [3.8, 4) is 23.3 Å². The van der Waals surface area contributed by atoms with Crippen LogP contribution in [0.15, 0.2) is 48.5 Å². The molecule has 2 aromatic carbocycles. The van der Waals surface area contributed by atoms with Crippen molar-refractivity contribution in [2.45, 2.75) is 12.8 Å². The van der Waals surface area contributed by atoms with Crippen molar-refractivity contribution in [2.75, 3.05) is 26.9 Å². The van der Waals surface area contributed by atoms with E-state index in [4.69, 9.17) is 19.5 Å². The van der Waals surface area contributed by atoms with Gasteiger partial charge in [0.2, 0.25) is 5.91 Å². The molecule has 0 unspecified atom stereocenters. The normalized spacial score (nSPS) is 9.85. The first kappa shape index (κ1) is 19.1. The van der Waals surface area contributed by atoms with Crippen LogP contribution >= 0.6 is 0 Å². The topological polar surface area (TPSA) is 80.6 Å². The number of amides is 1. The van der Waals surface area contributed by atoms with Gasteiger partial charge in [0, 0.05) is 6.54 Å². The Morgan fingerprint density at radius 3 is 2.62 bits per heavy atom. The van der Waals surface area contributed by atoms with Crippen LogP contribution in [-0.4, -0.2) is 32.8 Å². The van der Waals surface area contributed by atoms with Gasteiger partial charge in [0.05, 0.1) is 13.2 Å². The molecule has 1 amide bonds. The van der Waals surface area contributed by atoms with Crippen LogP contribution in [0.2, 0.25) is 0 Å². The second-order valence-electron chi connectivity index (χ2n) is 5.43. The summed E-state index contributed by atoms with van der Waals surface area (Å²) in [5.74, 6) is 1.86. The quantitative estimate of drug-likeness (QED) is 0.664. The molecule has 0 atom stereocenters. The van der Waals surface area contributed by atoms with Gasteiger partial charge in [0.1, 0.15) is 25.4 Å². The average molecular weight is 354 g/mol. The molecule has 2 aromatic rings. The van der Waals surface area contributed by atoms with Gasteiger partial charge in [-0.05, 0) is 36.2 Å². The number of benzene rings is 2. The fourth-order valence-electron chi connectivity index (χ4n) is 2.32. The highest BCUT2D eigenvalue weighted by Crippen LogP contribution is 2.25. The lowest BCUT2D eigenvalue weighted by molar-refractivity contribution is -0.120. The third-order valence-corrected chi connectivity index (χ3v) is 3.55. The molecule has 0 heterocycles. The zero-order valence-corrected chi connectivity index (χ0v) is 14.7. The van der Waals surface area contributed by atoms with Gasteiger partial charge in [-0.1, -0.05) is 24.3 Å². The number of rotatable bonds is 10. The third kappa shape index (κ3) is 6.36. The number of carbonyl (C=O) groups is 1. The highest BCUT2D eigenvalue weighted by Gasteiger charge is 2.03. The summed E-state index contributed by atoms with van der Waals surface area (Å²) < 4.78 is 16.6. The van der Waals surface area contributed by atoms with Crippen LogP contribution in [0.3, 0.4) is 0 Å². The van der Waals surface area contributed by atoms with Crippen LogP contribution in [0, 0.1) is 11.3 Å². The number of nitrogens with one attached hydrogen (secondary N) is 1. The van der Waals surface area contributed by atoms with E-state index in [0.717, 1.165) is 11.3 Å². The van der Waals surface area contributed by atoms with E-state index in [1.807, 2.05) is 54.6 Å². The van der Waals surface area contributed by atoms with Crippen molar-refractivity contribution in [3.05, 3.63) is 54.1 Å². The minimum atomic E-state index is -0.256. The summed E-state index contributed by atoms with van der Waals surface area (Å²) in [5, 5.41) is 11.1. The minimum absolute atomic E-state index is 0.116. The first-order valence-electron chi connectivity index (χ1n) is 8.34.